The predicted octanol–water partition coefficient (Wildman–Crippen LogP) is 4.41. The largest absolute Gasteiger partial charge is 0.460 e. The number of rotatable bonds is 4. The molecule has 18 heavy (non-hydrogen) atoms. The molecule has 0 saturated heterocycles. The standard InChI is InChI=1S/C15H18ClNO/c1-10(2)17-9-13-6-7-15(18-13)12-5-4-11(3)14(16)8-12/h4-8,10,17H,9H2,1-3H3. The maximum atomic E-state index is 6.12. The van der Waals surface area contributed by atoms with Gasteiger partial charge in [-0.25, -0.2) is 0 Å². The molecule has 1 N–H and O–H groups in total. The van der Waals surface area contributed by atoms with Crippen molar-refractivity contribution in [1.29, 1.82) is 0 Å². The second-order valence-corrected chi connectivity index (χ2v) is 5.17. The summed E-state index contributed by atoms with van der Waals surface area (Å²) in [5.74, 6) is 1.80. The minimum absolute atomic E-state index is 0.451. The summed E-state index contributed by atoms with van der Waals surface area (Å²) in [6.45, 7) is 6.97. The molecular formula is C15H18ClNO. The van der Waals surface area contributed by atoms with Crippen LogP contribution in [-0.2, 0) is 6.54 Å². The summed E-state index contributed by atoms with van der Waals surface area (Å²) in [5, 5.41) is 4.10. The summed E-state index contributed by atoms with van der Waals surface area (Å²) < 4.78 is 5.79. The summed E-state index contributed by atoms with van der Waals surface area (Å²) >= 11 is 6.12. The quantitative estimate of drug-likeness (QED) is 0.884. The monoisotopic (exact) mass is 263 g/mol. The van der Waals surface area contributed by atoms with Crippen molar-refractivity contribution in [2.45, 2.75) is 33.4 Å². The van der Waals surface area contributed by atoms with Crippen LogP contribution in [0.25, 0.3) is 11.3 Å². The van der Waals surface area contributed by atoms with E-state index in [-0.39, 0.29) is 0 Å². The van der Waals surface area contributed by atoms with Crippen molar-refractivity contribution in [3.05, 3.63) is 46.7 Å². The van der Waals surface area contributed by atoms with E-state index in [2.05, 4.69) is 19.2 Å². The molecular weight excluding hydrogens is 246 g/mol. The van der Waals surface area contributed by atoms with Crippen molar-refractivity contribution in [3.8, 4) is 11.3 Å². The molecule has 0 aliphatic carbocycles. The highest BCUT2D eigenvalue weighted by atomic mass is 35.5. The van der Waals surface area contributed by atoms with E-state index < -0.39 is 0 Å². The zero-order valence-corrected chi connectivity index (χ0v) is 11.7. The van der Waals surface area contributed by atoms with Crippen LogP contribution in [0.5, 0.6) is 0 Å². The number of benzene rings is 1. The Morgan fingerprint density at radius 1 is 1.22 bits per heavy atom. The van der Waals surface area contributed by atoms with Gasteiger partial charge in [0.05, 0.1) is 6.54 Å². The lowest BCUT2D eigenvalue weighted by molar-refractivity contribution is 0.473. The van der Waals surface area contributed by atoms with E-state index in [1.807, 2.05) is 37.3 Å². The molecule has 2 aromatic rings. The number of hydrogen-bond donors (Lipinski definition) is 1. The number of hydrogen-bond acceptors (Lipinski definition) is 2. The Morgan fingerprint density at radius 2 is 2.00 bits per heavy atom. The van der Waals surface area contributed by atoms with Crippen molar-refractivity contribution in [3.63, 3.8) is 0 Å². The Morgan fingerprint density at radius 3 is 2.67 bits per heavy atom. The van der Waals surface area contributed by atoms with Crippen molar-refractivity contribution in [2.24, 2.45) is 0 Å². The minimum atomic E-state index is 0.451. The van der Waals surface area contributed by atoms with E-state index in [0.29, 0.717) is 6.04 Å². The summed E-state index contributed by atoms with van der Waals surface area (Å²) in [5.41, 5.74) is 2.09. The first-order valence-electron chi connectivity index (χ1n) is 6.15. The van der Waals surface area contributed by atoms with Crippen molar-refractivity contribution in [1.82, 2.24) is 5.32 Å². The van der Waals surface area contributed by atoms with Crippen molar-refractivity contribution in [2.75, 3.05) is 0 Å². The Hall–Kier alpha value is -1.25. The lowest BCUT2D eigenvalue weighted by Crippen LogP contribution is -2.21. The highest BCUT2D eigenvalue weighted by molar-refractivity contribution is 6.31. The highest BCUT2D eigenvalue weighted by Crippen LogP contribution is 2.26. The molecule has 0 aliphatic rings. The molecule has 2 nitrogen and oxygen atoms in total. The van der Waals surface area contributed by atoms with E-state index in [1.54, 1.807) is 0 Å². The van der Waals surface area contributed by atoms with Gasteiger partial charge in [0.25, 0.3) is 0 Å². The molecule has 96 valence electrons. The Bertz CT molecular complexity index is 531. The molecule has 0 spiro atoms. The van der Waals surface area contributed by atoms with E-state index in [0.717, 1.165) is 34.2 Å². The average molecular weight is 264 g/mol. The predicted molar refractivity (Wildman–Crippen MR) is 75.9 cm³/mol. The molecule has 1 heterocycles. The lowest BCUT2D eigenvalue weighted by Gasteiger charge is -2.05. The van der Waals surface area contributed by atoms with Gasteiger partial charge in [-0.1, -0.05) is 37.6 Å². The molecule has 0 aliphatic heterocycles. The molecule has 2 rings (SSSR count). The first-order chi connectivity index (χ1) is 8.56. The topological polar surface area (TPSA) is 25.2 Å². The van der Waals surface area contributed by atoms with Gasteiger partial charge in [0.2, 0.25) is 0 Å². The van der Waals surface area contributed by atoms with Gasteiger partial charge in [-0.3, -0.25) is 0 Å². The van der Waals surface area contributed by atoms with Gasteiger partial charge in [0.15, 0.2) is 0 Å². The fraction of sp³-hybridized carbons (Fsp3) is 0.333. The third kappa shape index (κ3) is 3.15. The third-order valence-corrected chi connectivity index (χ3v) is 3.21. The van der Waals surface area contributed by atoms with Crippen LogP contribution in [0.1, 0.15) is 25.2 Å². The fourth-order valence-electron chi connectivity index (χ4n) is 1.68. The molecule has 0 bridgehead atoms. The van der Waals surface area contributed by atoms with Crippen LogP contribution in [0.2, 0.25) is 5.02 Å². The summed E-state index contributed by atoms with van der Waals surface area (Å²) in [6.07, 6.45) is 0. The number of furan rings is 1. The molecule has 0 unspecified atom stereocenters. The second-order valence-electron chi connectivity index (χ2n) is 4.77. The van der Waals surface area contributed by atoms with Crippen LogP contribution in [0.3, 0.4) is 0 Å². The third-order valence-electron chi connectivity index (χ3n) is 2.80. The highest BCUT2D eigenvalue weighted by Gasteiger charge is 2.06. The Balaban J connectivity index is 2.16. The minimum Gasteiger partial charge on any atom is -0.460 e. The molecule has 0 amide bonds. The van der Waals surface area contributed by atoms with Crippen molar-refractivity contribution < 1.29 is 4.42 Å². The number of aryl methyl sites for hydroxylation is 1. The molecule has 0 radical (unpaired) electrons. The van der Waals surface area contributed by atoms with Gasteiger partial charge >= 0.3 is 0 Å². The zero-order valence-electron chi connectivity index (χ0n) is 11.0. The van der Waals surface area contributed by atoms with Crippen LogP contribution >= 0.6 is 11.6 Å². The van der Waals surface area contributed by atoms with Crippen LogP contribution in [-0.4, -0.2) is 6.04 Å². The van der Waals surface area contributed by atoms with E-state index >= 15 is 0 Å². The fourth-order valence-corrected chi connectivity index (χ4v) is 1.86. The van der Waals surface area contributed by atoms with Crippen LogP contribution < -0.4 is 5.32 Å². The SMILES string of the molecule is Cc1ccc(-c2ccc(CNC(C)C)o2)cc1Cl. The van der Waals surface area contributed by atoms with Gasteiger partial charge in [0, 0.05) is 16.6 Å². The summed E-state index contributed by atoms with van der Waals surface area (Å²) in [4.78, 5) is 0. The van der Waals surface area contributed by atoms with Gasteiger partial charge < -0.3 is 9.73 Å². The number of halogens is 1. The normalized spacial score (nSPS) is 11.2. The van der Waals surface area contributed by atoms with Gasteiger partial charge in [-0.15, -0.1) is 0 Å². The van der Waals surface area contributed by atoms with Crippen LogP contribution in [0.4, 0.5) is 0 Å². The van der Waals surface area contributed by atoms with Gasteiger partial charge in [0.1, 0.15) is 11.5 Å². The number of nitrogens with one attached hydrogen (secondary N) is 1. The van der Waals surface area contributed by atoms with Crippen molar-refractivity contribution >= 4 is 11.6 Å². The average Bonchev–Trinajstić information content (AvgIpc) is 2.79. The van der Waals surface area contributed by atoms with Crippen LogP contribution in [0.15, 0.2) is 34.7 Å². The Kier molecular flexibility index (Phi) is 4.10. The molecule has 0 saturated carbocycles. The molecule has 1 aromatic heterocycles. The molecule has 0 atom stereocenters. The molecule has 1 aromatic carbocycles. The summed E-state index contributed by atoms with van der Waals surface area (Å²) in [7, 11) is 0. The first kappa shape index (κ1) is 13.2. The lowest BCUT2D eigenvalue weighted by atomic mass is 10.1. The second kappa shape index (κ2) is 5.59. The molecule has 0 fully saturated rings. The molecule has 3 heteroatoms. The maximum absolute atomic E-state index is 6.12. The summed E-state index contributed by atoms with van der Waals surface area (Å²) in [6, 6.07) is 10.4. The zero-order chi connectivity index (χ0) is 13.1. The van der Waals surface area contributed by atoms with Gasteiger partial charge in [-0.05, 0) is 30.7 Å². The smallest absolute Gasteiger partial charge is 0.134 e. The van der Waals surface area contributed by atoms with Crippen LogP contribution in [0, 0.1) is 6.92 Å². The van der Waals surface area contributed by atoms with E-state index in [9.17, 15) is 0 Å². The van der Waals surface area contributed by atoms with E-state index in [4.69, 9.17) is 16.0 Å². The van der Waals surface area contributed by atoms with Gasteiger partial charge in [-0.2, -0.15) is 0 Å². The first-order valence-corrected chi connectivity index (χ1v) is 6.52. The Labute approximate surface area is 113 Å². The maximum Gasteiger partial charge on any atom is 0.134 e. The van der Waals surface area contributed by atoms with E-state index in [1.165, 1.54) is 0 Å².